The summed E-state index contributed by atoms with van der Waals surface area (Å²) in [7, 11) is 1.59. The first-order valence-electron chi connectivity index (χ1n) is 13.1. The molecule has 0 aliphatic heterocycles. The van der Waals surface area contributed by atoms with Crippen molar-refractivity contribution in [1.29, 1.82) is 0 Å². The van der Waals surface area contributed by atoms with Crippen molar-refractivity contribution < 1.29 is 13.9 Å². The summed E-state index contributed by atoms with van der Waals surface area (Å²) in [5.41, 5.74) is 9.71. The van der Waals surface area contributed by atoms with Crippen molar-refractivity contribution in [3.63, 3.8) is 0 Å². The van der Waals surface area contributed by atoms with Crippen molar-refractivity contribution in [1.82, 2.24) is 4.90 Å². The van der Waals surface area contributed by atoms with Crippen LogP contribution in [0.5, 0.6) is 5.75 Å². The van der Waals surface area contributed by atoms with E-state index in [0.29, 0.717) is 72.5 Å². The Balaban J connectivity index is 1.65. The first-order chi connectivity index (χ1) is 18.4. The van der Waals surface area contributed by atoms with Crippen LogP contribution >= 0.6 is 0 Å². The maximum atomic E-state index is 13.6. The highest BCUT2D eigenvalue weighted by Gasteiger charge is 2.22. The van der Waals surface area contributed by atoms with E-state index in [1.165, 1.54) is 0 Å². The largest absolute Gasteiger partial charge is 0.497 e. The van der Waals surface area contributed by atoms with E-state index >= 15 is 0 Å². The molecular formula is C32H36N2O4. The van der Waals surface area contributed by atoms with Crippen molar-refractivity contribution >= 4 is 16.9 Å². The zero-order valence-corrected chi connectivity index (χ0v) is 22.4. The zero-order valence-electron chi connectivity index (χ0n) is 22.4. The number of rotatable bonds is 11. The third-order valence-electron chi connectivity index (χ3n) is 6.78. The molecule has 0 radical (unpaired) electrons. The molecule has 0 saturated heterocycles. The van der Waals surface area contributed by atoms with E-state index in [-0.39, 0.29) is 17.3 Å². The summed E-state index contributed by atoms with van der Waals surface area (Å²) < 4.78 is 11.7. The van der Waals surface area contributed by atoms with Crippen LogP contribution in [0, 0.1) is 12.8 Å². The number of fused-ring (bicyclic) bond motifs is 1. The normalized spacial score (nSPS) is 11.9. The second-order valence-electron chi connectivity index (χ2n) is 9.93. The number of aryl methyl sites for hydroxylation is 1. The molecule has 0 aliphatic carbocycles. The van der Waals surface area contributed by atoms with Gasteiger partial charge in [-0.1, -0.05) is 55.0 Å². The highest BCUT2D eigenvalue weighted by atomic mass is 16.5. The van der Waals surface area contributed by atoms with Gasteiger partial charge in [-0.3, -0.25) is 9.59 Å². The third kappa shape index (κ3) is 6.50. The molecule has 4 aromatic rings. The van der Waals surface area contributed by atoms with Crippen LogP contribution in [-0.4, -0.2) is 37.6 Å². The van der Waals surface area contributed by atoms with E-state index in [0.717, 1.165) is 11.1 Å². The molecule has 1 amide bonds. The van der Waals surface area contributed by atoms with Gasteiger partial charge in [0.15, 0.2) is 5.43 Å². The van der Waals surface area contributed by atoms with Gasteiger partial charge >= 0.3 is 0 Å². The fourth-order valence-electron chi connectivity index (χ4n) is 4.72. The molecule has 0 saturated carbocycles. The summed E-state index contributed by atoms with van der Waals surface area (Å²) >= 11 is 0. The molecule has 6 heteroatoms. The van der Waals surface area contributed by atoms with E-state index in [1.807, 2.05) is 66.4 Å². The Bertz CT molecular complexity index is 1430. The Morgan fingerprint density at radius 2 is 1.79 bits per heavy atom. The maximum Gasteiger partial charge on any atom is 0.253 e. The number of nitrogens with zero attached hydrogens (tertiary/aromatic N) is 1. The van der Waals surface area contributed by atoms with Gasteiger partial charge in [-0.25, -0.2) is 0 Å². The van der Waals surface area contributed by atoms with Crippen LogP contribution in [0.3, 0.4) is 0 Å². The second-order valence-corrected chi connectivity index (χ2v) is 9.93. The van der Waals surface area contributed by atoms with Crippen LogP contribution in [-0.2, 0) is 12.8 Å². The minimum Gasteiger partial charge on any atom is -0.497 e. The molecule has 1 aromatic heterocycles. The number of benzene rings is 3. The molecule has 1 atom stereocenters. The average Bonchev–Trinajstić information content (AvgIpc) is 2.93. The number of carbonyl (C=O) groups excluding carboxylic acids is 1. The van der Waals surface area contributed by atoms with E-state index in [2.05, 4.69) is 6.92 Å². The van der Waals surface area contributed by atoms with Gasteiger partial charge in [-0.05, 0) is 55.6 Å². The Morgan fingerprint density at radius 3 is 2.47 bits per heavy atom. The quantitative estimate of drug-likeness (QED) is 0.292. The fourth-order valence-corrected chi connectivity index (χ4v) is 4.72. The van der Waals surface area contributed by atoms with Gasteiger partial charge in [0.1, 0.15) is 17.1 Å². The number of methoxy groups -OCH3 is 1. The Hall–Kier alpha value is -3.90. The SMILES string of the molecule is COc1ccc2c(=O)c(Cc3ccccc3)c(CC(C)CN(CCCN)C(=O)c3ccc(C)cc3)oc2c1. The first kappa shape index (κ1) is 27.1. The van der Waals surface area contributed by atoms with Gasteiger partial charge in [-0.15, -0.1) is 0 Å². The van der Waals surface area contributed by atoms with Gasteiger partial charge in [-0.2, -0.15) is 0 Å². The van der Waals surface area contributed by atoms with Crippen molar-refractivity contribution in [3.05, 3.63) is 111 Å². The lowest BCUT2D eigenvalue weighted by Gasteiger charge is -2.26. The highest BCUT2D eigenvalue weighted by Crippen LogP contribution is 2.25. The number of nitrogens with two attached hydrogens (primary N) is 1. The summed E-state index contributed by atoms with van der Waals surface area (Å²) in [5.74, 6) is 1.31. The third-order valence-corrected chi connectivity index (χ3v) is 6.78. The lowest BCUT2D eigenvalue weighted by Crippen LogP contribution is -2.37. The van der Waals surface area contributed by atoms with Crippen LogP contribution in [0.4, 0.5) is 0 Å². The van der Waals surface area contributed by atoms with Crippen molar-refractivity contribution in [3.8, 4) is 5.75 Å². The molecular weight excluding hydrogens is 476 g/mol. The smallest absolute Gasteiger partial charge is 0.253 e. The Morgan fingerprint density at radius 1 is 1.05 bits per heavy atom. The molecule has 1 unspecified atom stereocenters. The van der Waals surface area contributed by atoms with Crippen LogP contribution in [0.1, 0.15) is 46.2 Å². The predicted molar refractivity (Wildman–Crippen MR) is 152 cm³/mol. The minimum atomic E-state index is -0.0318. The van der Waals surface area contributed by atoms with E-state index in [1.54, 1.807) is 25.3 Å². The summed E-state index contributed by atoms with van der Waals surface area (Å²) in [4.78, 5) is 28.9. The summed E-state index contributed by atoms with van der Waals surface area (Å²) in [5, 5.41) is 0.534. The van der Waals surface area contributed by atoms with E-state index in [9.17, 15) is 9.59 Å². The number of ether oxygens (including phenoxy) is 1. The topological polar surface area (TPSA) is 85.8 Å². The highest BCUT2D eigenvalue weighted by molar-refractivity contribution is 5.94. The van der Waals surface area contributed by atoms with Gasteiger partial charge in [0.25, 0.3) is 5.91 Å². The molecule has 0 bridgehead atoms. The van der Waals surface area contributed by atoms with E-state index in [4.69, 9.17) is 14.9 Å². The van der Waals surface area contributed by atoms with Crippen molar-refractivity contribution in [2.45, 2.75) is 33.1 Å². The average molecular weight is 513 g/mol. The number of carbonyl (C=O) groups is 1. The lowest BCUT2D eigenvalue weighted by atomic mass is 9.96. The Kier molecular flexibility index (Phi) is 8.98. The van der Waals surface area contributed by atoms with Crippen LogP contribution in [0.15, 0.2) is 82.0 Å². The summed E-state index contributed by atoms with van der Waals surface area (Å²) in [6.07, 6.45) is 1.71. The minimum absolute atomic E-state index is 0.0143. The number of hydrogen-bond acceptors (Lipinski definition) is 5. The van der Waals surface area contributed by atoms with Gasteiger partial charge in [0, 0.05) is 43.1 Å². The molecule has 4 rings (SSSR count). The monoisotopic (exact) mass is 512 g/mol. The molecule has 38 heavy (non-hydrogen) atoms. The molecule has 0 fully saturated rings. The van der Waals surface area contributed by atoms with E-state index < -0.39 is 0 Å². The molecule has 198 valence electrons. The molecule has 2 N–H and O–H groups in total. The van der Waals surface area contributed by atoms with Gasteiger partial charge in [0.2, 0.25) is 0 Å². The second kappa shape index (κ2) is 12.6. The first-order valence-corrected chi connectivity index (χ1v) is 13.1. The predicted octanol–water partition coefficient (Wildman–Crippen LogP) is 5.37. The standard InChI is InChI=1S/C32H36N2O4/c1-22-10-12-25(13-11-22)32(36)34(17-7-16-33)21-23(2)18-29-28(19-24-8-5-4-6-9-24)31(35)27-15-14-26(37-3)20-30(27)38-29/h4-6,8-15,20,23H,7,16-19,21,33H2,1-3H3. The molecule has 6 nitrogen and oxygen atoms in total. The van der Waals surface area contributed by atoms with Crippen LogP contribution in [0.2, 0.25) is 0 Å². The zero-order chi connectivity index (χ0) is 27.1. The van der Waals surface area contributed by atoms with Gasteiger partial charge < -0.3 is 19.8 Å². The number of hydrogen-bond donors (Lipinski definition) is 1. The van der Waals surface area contributed by atoms with Crippen LogP contribution in [0.25, 0.3) is 11.0 Å². The maximum absolute atomic E-state index is 13.6. The fraction of sp³-hybridized carbons (Fsp3) is 0.312. The molecule has 0 aliphatic rings. The van der Waals surface area contributed by atoms with Crippen molar-refractivity contribution in [2.24, 2.45) is 11.7 Å². The van der Waals surface area contributed by atoms with Crippen LogP contribution < -0.4 is 15.9 Å². The molecule has 1 heterocycles. The molecule has 0 spiro atoms. The molecule has 3 aromatic carbocycles. The Labute approximate surface area is 224 Å². The van der Waals surface area contributed by atoms with Gasteiger partial charge in [0.05, 0.1) is 12.5 Å². The number of amides is 1. The van der Waals surface area contributed by atoms with Crippen molar-refractivity contribution in [2.75, 3.05) is 26.7 Å². The summed E-state index contributed by atoms with van der Waals surface area (Å²) in [6, 6.07) is 22.9. The lowest BCUT2D eigenvalue weighted by molar-refractivity contribution is 0.0729. The summed E-state index contributed by atoms with van der Waals surface area (Å²) in [6.45, 7) is 5.69.